The molecule has 1 aromatic heterocycles. The van der Waals surface area contributed by atoms with Crippen LogP contribution in [0.2, 0.25) is 0 Å². The van der Waals surface area contributed by atoms with E-state index in [9.17, 15) is 18.0 Å². The summed E-state index contributed by atoms with van der Waals surface area (Å²) in [4.78, 5) is 21.9. The molecule has 3 rings (SSSR count). The number of anilines is 1. The number of alkyl halides is 6. The summed E-state index contributed by atoms with van der Waals surface area (Å²) in [5.41, 5.74) is -0.875. The Hall–Kier alpha value is -3.94. The van der Waals surface area contributed by atoms with Gasteiger partial charge in [0.15, 0.2) is 11.6 Å². The summed E-state index contributed by atoms with van der Waals surface area (Å²) in [5, 5.41) is 0. The van der Waals surface area contributed by atoms with Crippen LogP contribution in [-0.4, -0.2) is 71.3 Å². The molecule has 2 N–H and O–H groups in total. The Kier molecular flexibility index (Phi) is 18.1. The lowest BCUT2D eigenvalue weighted by molar-refractivity contribution is -0.138. The van der Waals surface area contributed by atoms with Crippen molar-refractivity contribution >= 4 is 22.9 Å². The number of nitrogens with two attached hydrogens (primary N) is 1. The van der Waals surface area contributed by atoms with Gasteiger partial charge in [0.1, 0.15) is 18.1 Å². The molecule has 2 aliphatic rings. The predicted molar refractivity (Wildman–Crippen MR) is 211 cm³/mol. The highest BCUT2D eigenvalue weighted by Gasteiger charge is 2.47. The fraction of sp³-hybridized carbons (Fsp3) is 0.595. The van der Waals surface area contributed by atoms with Crippen LogP contribution in [0.15, 0.2) is 64.4 Å². The lowest BCUT2D eigenvalue weighted by atomic mass is 9.85. The minimum Gasteiger partial charge on any atom is -0.476 e. The van der Waals surface area contributed by atoms with Crippen LogP contribution < -0.4 is 5.73 Å². The number of hydrogen-bond acceptors (Lipinski definition) is 7. The van der Waals surface area contributed by atoms with E-state index in [-0.39, 0.29) is 41.8 Å². The first-order chi connectivity index (χ1) is 26.0. The molecule has 0 aromatic carbocycles. The smallest absolute Gasteiger partial charge is 0.418 e. The highest BCUT2D eigenvalue weighted by molar-refractivity contribution is 6.21. The molecule has 3 atom stereocenters. The minimum atomic E-state index is -5.27. The van der Waals surface area contributed by atoms with Crippen LogP contribution in [0.1, 0.15) is 111 Å². The van der Waals surface area contributed by atoms with Crippen molar-refractivity contribution in [3.05, 3.63) is 76.2 Å². The number of nitrogen functional groups attached to an aromatic ring is 1. The first-order valence-corrected chi connectivity index (χ1v) is 19.3. The minimum absolute atomic E-state index is 0.0185. The van der Waals surface area contributed by atoms with Crippen LogP contribution in [0.25, 0.3) is 5.57 Å². The lowest BCUT2D eigenvalue weighted by Crippen LogP contribution is -2.39. The van der Waals surface area contributed by atoms with E-state index in [2.05, 4.69) is 35.3 Å². The van der Waals surface area contributed by atoms with Crippen LogP contribution in [0.5, 0.6) is 0 Å². The molecule has 0 bridgehead atoms. The van der Waals surface area contributed by atoms with Crippen LogP contribution in [0.3, 0.4) is 0 Å². The number of likely N-dealkylation sites (N-methyl/N-ethyl adjacent to an activating group) is 1. The van der Waals surface area contributed by atoms with Crippen LogP contribution >= 0.6 is 0 Å². The van der Waals surface area contributed by atoms with E-state index in [0.717, 1.165) is 51.6 Å². The van der Waals surface area contributed by atoms with Gasteiger partial charge in [-0.1, -0.05) is 47.6 Å². The van der Waals surface area contributed by atoms with Gasteiger partial charge in [-0.15, -0.1) is 0 Å². The summed E-state index contributed by atoms with van der Waals surface area (Å²) < 4.78 is 112. The molecule has 56 heavy (non-hydrogen) atoms. The molecule has 1 fully saturated rings. The second-order valence-electron chi connectivity index (χ2n) is 14.8. The molecule has 1 aromatic rings. The standard InChI is InChI=1S/C38H54F7N5O.C4H6O/c1-10-14-31(51-21-26-15-13-18-49(26)9)48-35-27(25(8)50(12-3)29(22(4)5)17-16-23(6)11-2)20-28(37(40,41)42)32(34(35)39)36-33(38(43,44)45)24(7)19-30(46)47-36;1-3-4(2)5/h14,19-20,22-23,26,29H,10-13,15-18,21H2,1-9H3,(H2,46,47);3H,1H2,2H3/b27-25+,31-14-,48-35+;. The summed E-state index contributed by atoms with van der Waals surface area (Å²) in [6.07, 6.45) is -2.11. The molecular formula is C42H60F7N5O2. The zero-order valence-electron chi connectivity index (χ0n) is 34.5. The molecule has 1 saturated heterocycles. The van der Waals surface area contributed by atoms with E-state index in [1.54, 1.807) is 19.9 Å². The third-order valence-electron chi connectivity index (χ3n) is 10.3. The number of aryl methyl sites for hydroxylation is 1. The number of ketones is 1. The lowest BCUT2D eigenvalue weighted by Gasteiger charge is -2.38. The van der Waals surface area contributed by atoms with Gasteiger partial charge in [-0.2, -0.15) is 26.3 Å². The monoisotopic (exact) mass is 799 g/mol. The number of hydrogen-bond donors (Lipinski definition) is 1. The van der Waals surface area contributed by atoms with E-state index in [0.29, 0.717) is 30.7 Å². The van der Waals surface area contributed by atoms with Crippen molar-refractivity contribution in [1.29, 1.82) is 0 Å². The average molecular weight is 800 g/mol. The number of aromatic nitrogens is 1. The first kappa shape index (κ1) is 48.2. The maximum atomic E-state index is 17.3. The van der Waals surface area contributed by atoms with Crippen molar-refractivity contribution in [3.63, 3.8) is 0 Å². The molecule has 0 spiro atoms. The largest absolute Gasteiger partial charge is 0.476 e. The molecule has 1 aliphatic carbocycles. The van der Waals surface area contributed by atoms with Crippen molar-refractivity contribution in [2.24, 2.45) is 16.8 Å². The quantitative estimate of drug-likeness (QED) is 0.108. The number of allylic oxidation sites excluding steroid dienone is 8. The van der Waals surface area contributed by atoms with Crippen molar-refractivity contribution in [3.8, 4) is 0 Å². The number of likely N-dealkylation sites (tertiary alicyclic amines) is 1. The average Bonchev–Trinajstić information content (AvgIpc) is 3.51. The zero-order chi connectivity index (χ0) is 42.7. The van der Waals surface area contributed by atoms with E-state index >= 15 is 17.6 Å². The maximum absolute atomic E-state index is 17.3. The Morgan fingerprint density at radius 1 is 1.12 bits per heavy atom. The Balaban J connectivity index is 0.00000203. The third-order valence-corrected chi connectivity index (χ3v) is 10.3. The molecule has 14 heteroatoms. The molecule has 314 valence electrons. The van der Waals surface area contributed by atoms with Crippen molar-refractivity contribution in [2.75, 3.05) is 32.5 Å². The van der Waals surface area contributed by atoms with E-state index < -0.39 is 57.7 Å². The summed E-state index contributed by atoms with van der Waals surface area (Å²) in [7, 11) is 1.95. The van der Waals surface area contributed by atoms with E-state index in [1.807, 2.05) is 32.7 Å². The highest BCUT2D eigenvalue weighted by atomic mass is 19.4. The van der Waals surface area contributed by atoms with Gasteiger partial charge in [-0.05, 0) is 115 Å². The zero-order valence-corrected chi connectivity index (χ0v) is 34.5. The molecule has 3 unspecified atom stereocenters. The normalized spacial score (nSPS) is 19.8. The Morgan fingerprint density at radius 3 is 2.21 bits per heavy atom. The number of halogens is 7. The summed E-state index contributed by atoms with van der Waals surface area (Å²) in [5.74, 6) is -1.61. The van der Waals surface area contributed by atoms with Gasteiger partial charge in [-0.3, -0.25) is 4.79 Å². The summed E-state index contributed by atoms with van der Waals surface area (Å²) in [6.45, 7) is 20.7. The van der Waals surface area contributed by atoms with E-state index in [4.69, 9.17) is 10.5 Å². The second kappa shape index (κ2) is 21.0. The first-order valence-electron chi connectivity index (χ1n) is 19.3. The van der Waals surface area contributed by atoms with Gasteiger partial charge in [-0.25, -0.2) is 14.4 Å². The number of carbonyl (C=O) groups is 1. The van der Waals surface area contributed by atoms with Crippen molar-refractivity contribution < 1.29 is 40.3 Å². The number of rotatable bonds is 15. The van der Waals surface area contributed by atoms with Gasteiger partial charge in [0.05, 0.1) is 22.4 Å². The molecule has 7 nitrogen and oxygen atoms in total. The summed E-state index contributed by atoms with van der Waals surface area (Å²) >= 11 is 0. The fourth-order valence-corrected chi connectivity index (χ4v) is 6.89. The fourth-order valence-electron chi connectivity index (χ4n) is 6.89. The van der Waals surface area contributed by atoms with Gasteiger partial charge in [0, 0.05) is 29.9 Å². The molecule has 2 heterocycles. The van der Waals surface area contributed by atoms with Crippen molar-refractivity contribution in [2.45, 2.75) is 125 Å². The maximum Gasteiger partial charge on any atom is 0.418 e. The molecule has 1 aliphatic heterocycles. The van der Waals surface area contributed by atoms with Gasteiger partial charge in [0.25, 0.3) is 0 Å². The molecule has 0 saturated carbocycles. The number of ether oxygens (including phenoxy) is 1. The predicted octanol–water partition coefficient (Wildman–Crippen LogP) is 11.2. The van der Waals surface area contributed by atoms with Gasteiger partial charge in [0.2, 0.25) is 5.88 Å². The van der Waals surface area contributed by atoms with E-state index in [1.165, 1.54) is 13.0 Å². The molecule has 0 amide bonds. The molecule has 0 radical (unpaired) electrons. The van der Waals surface area contributed by atoms with Gasteiger partial charge >= 0.3 is 12.4 Å². The van der Waals surface area contributed by atoms with Crippen molar-refractivity contribution in [1.82, 2.24) is 14.8 Å². The SMILES string of the molecule is C=CC(C)=O.CC/C=C(/N=C1/C(F)=C(c2nc(N)cc(C)c2C(F)(F)F)C(C(F)(F)F)=C/C1=C(/C)N(CC)C(CCC(C)CC)C(C)C)OCC1CCCN1C. The Morgan fingerprint density at radius 2 is 1.75 bits per heavy atom. The number of pyridine rings is 1. The second-order valence-corrected chi connectivity index (χ2v) is 14.8. The van der Waals surface area contributed by atoms with Gasteiger partial charge < -0.3 is 20.3 Å². The Labute approximate surface area is 328 Å². The van der Waals surface area contributed by atoms with Crippen LogP contribution in [-0.2, 0) is 15.7 Å². The number of carbonyl (C=O) groups excluding carboxylic acids is 1. The van der Waals surface area contributed by atoms with Crippen LogP contribution in [0.4, 0.5) is 36.6 Å². The van der Waals surface area contributed by atoms with Crippen LogP contribution in [0, 0.1) is 18.8 Å². The molecular weight excluding hydrogens is 739 g/mol. The third kappa shape index (κ3) is 12.8. The Bertz CT molecular complexity index is 1690. The number of nitrogens with zero attached hydrogens (tertiary/aromatic N) is 4. The topological polar surface area (TPSA) is 84.0 Å². The highest BCUT2D eigenvalue weighted by Crippen LogP contribution is 2.48. The number of aliphatic imine (C=N–C) groups is 1. The summed E-state index contributed by atoms with van der Waals surface area (Å²) in [6, 6.07) is 0.821.